The first-order valence-electron chi connectivity index (χ1n) is 11.3. The highest BCUT2D eigenvalue weighted by atomic mass is 32.2. The molecule has 0 spiro atoms. The minimum Gasteiger partial charge on any atom is -0.480 e. The third-order valence-corrected chi connectivity index (χ3v) is 5.78. The second kappa shape index (κ2) is 16.1. The van der Waals surface area contributed by atoms with Crippen LogP contribution in [-0.2, 0) is 25.6 Å². The molecule has 1 rings (SSSR count). The number of benzene rings is 1. The number of hydrogen-bond donors (Lipinski definition) is 6. The zero-order valence-corrected chi connectivity index (χ0v) is 20.6. The SMILES string of the molecule is CSCCC(NC(=O)C(Cc1ccccc1)NC(=O)C(C)N)C(=O)NC(CCCCN)C(=O)O. The van der Waals surface area contributed by atoms with Gasteiger partial charge in [0.05, 0.1) is 6.04 Å². The first-order chi connectivity index (χ1) is 16.2. The van der Waals surface area contributed by atoms with E-state index in [-0.39, 0.29) is 12.8 Å². The van der Waals surface area contributed by atoms with Crippen LogP contribution in [0.4, 0.5) is 0 Å². The van der Waals surface area contributed by atoms with Crippen molar-refractivity contribution in [3.63, 3.8) is 0 Å². The summed E-state index contributed by atoms with van der Waals surface area (Å²) < 4.78 is 0. The molecule has 0 bridgehead atoms. The molecule has 0 aliphatic heterocycles. The van der Waals surface area contributed by atoms with Gasteiger partial charge in [-0.2, -0.15) is 11.8 Å². The van der Waals surface area contributed by atoms with Crippen LogP contribution in [0.3, 0.4) is 0 Å². The summed E-state index contributed by atoms with van der Waals surface area (Å²) in [5, 5.41) is 17.3. The second-order valence-electron chi connectivity index (χ2n) is 8.07. The predicted octanol–water partition coefficient (Wildman–Crippen LogP) is -0.00260. The summed E-state index contributed by atoms with van der Waals surface area (Å²) in [6.45, 7) is 1.95. The van der Waals surface area contributed by atoms with Gasteiger partial charge in [0, 0.05) is 6.42 Å². The maximum absolute atomic E-state index is 13.1. The maximum Gasteiger partial charge on any atom is 0.326 e. The Hall–Kier alpha value is -2.63. The molecule has 0 fully saturated rings. The van der Waals surface area contributed by atoms with Crippen molar-refractivity contribution in [3.05, 3.63) is 35.9 Å². The molecule has 3 amide bonds. The fraction of sp³-hybridized carbons (Fsp3) is 0.565. The first kappa shape index (κ1) is 29.4. The lowest BCUT2D eigenvalue weighted by Crippen LogP contribution is -2.57. The minimum atomic E-state index is -1.15. The Morgan fingerprint density at radius 1 is 0.912 bits per heavy atom. The molecule has 0 aliphatic rings. The van der Waals surface area contributed by atoms with Gasteiger partial charge in [0.2, 0.25) is 17.7 Å². The number of carbonyl (C=O) groups excluding carboxylic acids is 3. The molecule has 0 heterocycles. The van der Waals surface area contributed by atoms with Crippen molar-refractivity contribution >= 4 is 35.5 Å². The van der Waals surface area contributed by atoms with Crippen LogP contribution in [-0.4, -0.2) is 71.5 Å². The highest BCUT2D eigenvalue weighted by molar-refractivity contribution is 7.98. The van der Waals surface area contributed by atoms with Crippen molar-refractivity contribution in [2.45, 2.75) is 63.2 Å². The summed E-state index contributed by atoms with van der Waals surface area (Å²) in [6, 6.07) is 5.34. The second-order valence-corrected chi connectivity index (χ2v) is 9.05. The predicted molar refractivity (Wildman–Crippen MR) is 133 cm³/mol. The van der Waals surface area contributed by atoms with Crippen LogP contribution in [0.2, 0.25) is 0 Å². The van der Waals surface area contributed by atoms with E-state index in [4.69, 9.17) is 11.5 Å². The Bertz CT molecular complexity index is 793. The number of rotatable bonds is 16. The highest BCUT2D eigenvalue weighted by Crippen LogP contribution is 2.08. The van der Waals surface area contributed by atoms with E-state index in [1.54, 1.807) is 0 Å². The molecule has 4 unspecified atom stereocenters. The van der Waals surface area contributed by atoms with E-state index in [0.717, 1.165) is 5.56 Å². The fourth-order valence-electron chi connectivity index (χ4n) is 3.16. The lowest BCUT2D eigenvalue weighted by atomic mass is 10.0. The maximum atomic E-state index is 13.1. The van der Waals surface area contributed by atoms with Crippen LogP contribution in [0.1, 0.15) is 38.2 Å². The van der Waals surface area contributed by atoms with E-state index in [1.165, 1.54) is 18.7 Å². The van der Waals surface area contributed by atoms with Crippen molar-refractivity contribution in [1.29, 1.82) is 0 Å². The van der Waals surface area contributed by atoms with Gasteiger partial charge in [-0.25, -0.2) is 4.79 Å². The number of nitrogens with one attached hydrogen (secondary N) is 3. The number of aliphatic carboxylic acids is 1. The summed E-state index contributed by atoms with van der Waals surface area (Å²) in [4.78, 5) is 49.8. The van der Waals surface area contributed by atoms with Gasteiger partial charge < -0.3 is 32.5 Å². The van der Waals surface area contributed by atoms with Crippen molar-refractivity contribution < 1.29 is 24.3 Å². The zero-order chi connectivity index (χ0) is 25.5. The molecule has 10 nitrogen and oxygen atoms in total. The topological polar surface area (TPSA) is 177 Å². The molecule has 8 N–H and O–H groups in total. The molecule has 0 saturated heterocycles. The van der Waals surface area contributed by atoms with Gasteiger partial charge in [0.1, 0.15) is 18.1 Å². The van der Waals surface area contributed by atoms with Gasteiger partial charge in [0.15, 0.2) is 0 Å². The van der Waals surface area contributed by atoms with E-state index < -0.39 is 47.9 Å². The molecule has 34 heavy (non-hydrogen) atoms. The smallest absolute Gasteiger partial charge is 0.326 e. The van der Waals surface area contributed by atoms with Crippen LogP contribution >= 0.6 is 11.8 Å². The lowest BCUT2D eigenvalue weighted by Gasteiger charge is -2.25. The van der Waals surface area contributed by atoms with Crippen molar-refractivity contribution in [3.8, 4) is 0 Å². The van der Waals surface area contributed by atoms with Gasteiger partial charge in [-0.15, -0.1) is 0 Å². The Balaban J connectivity index is 2.98. The Morgan fingerprint density at radius 2 is 1.50 bits per heavy atom. The summed E-state index contributed by atoms with van der Waals surface area (Å²) in [6.07, 6.45) is 3.81. The molecule has 1 aromatic carbocycles. The Morgan fingerprint density at radius 3 is 2.06 bits per heavy atom. The lowest BCUT2D eigenvalue weighted by molar-refractivity contribution is -0.142. The molecule has 1 aromatic rings. The van der Waals surface area contributed by atoms with Crippen molar-refractivity contribution in [1.82, 2.24) is 16.0 Å². The van der Waals surface area contributed by atoms with E-state index in [9.17, 15) is 24.3 Å². The number of nitrogens with two attached hydrogens (primary N) is 2. The number of hydrogen-bond acceptors (Lipinski definition) is 7. The normalized spacial score (nSPS) is 14.4. The third kappa shape index (κ3) is 11.0. The van der Waals surface area contributed by atoms with Gasteiger partial charge in [-0.3, -0.25) is 14.4 Å². The van der Waals surface area contributed by atoms with Crippen molar-refractivity contribution in [2.75, 3.05) is 18.6 Å². The molecule has 0 saturated carbocycles. The summed E-state index contributed by atoms with van der Waals surface area (Å²) in [7, 11) is 0. The largest absolute Gasteiger partial charge is 0.480 e. The van der Waals surface area contributed by atoms with Gasteiger partial charge in [-0.1, -0.05) is 30.3 Å². The number of carboxylic acids is 1. The van der Waals surface area contributed by atoms with E-state index >= 15 is 0 Å². The number of amides is 3. The average molecular weight is 496 g/mol. The van der Waals surface area contributed by atoms with E-state index in [2.05, 4.69) is 16.0 Å². The van der Waals surface area contributed by atoms with Crippen LogP contribution in [0.5, 0.6) is 0 Å². The average Bonchev–Trinajstić information content (AvgIpc) is 2.80. The van der Waals surface area contributed by atoms with Crippen LogP contribution in [0.15, 0.2) is 30.3 Å². The summed E-state index contributed by atoms with van der Waals surface area (Å²) in [5.41, 5.74) is 11.9. The number of unbranched alkanes of at least 4 members (excludes halogenated alkanes) is 1. The fourth-order valence-corrected chi connectivity index (χ4v) is 3.63. The van der Waals surface area contributed by atoms with Crippen LogP contribution in [0.25, 0.3) is 0 Å². The zero-order valence-electron chi connectivity index (χ0n) is 19.8. The van der Waals surface area contributed by atoms with Gasteiger partial charge in [-0.05, 0) is 56.7 Å². The third-order valence-electron chi connectivity index (χ3n) is 5.13. The number of carbonyl (C=O) groups is 4. The van der Waals surface area contributed by atoms with Gasteiger partial charge in [0.25, 0.3) is 0 Å². The van der Waals surface area contributed by atoms with Gasteiger partial charge >= 0.3 is 5.97 Å². The summed E-state index contributed by atoms with van der Waals surface area (Å²) >= 11 is 1.49. The molecule has 11 heteroatoms. The quantitative estimate of drug-likeness (QED) is 0.174. The Labute approximate surface area is 205 Å². The number of thioether (sulfide) groups is 1. The van der Waals surface area contributed by atoms with Crippen LogP contribution in [0, 0.1) is 0 Å². The van der Waals surface area contributed by atoms with E-state index in [1.807, 2.05) is 36.6 Å². The van der Waals surface area contributed by atoms with E-state index in [0.29, 0.717) is 31.6 Å². The van der Waals surface area contributed by atoms with Crippen LogP contribution < -0.4 is 27.4 Å². The first-order valence-corrected chi connectivity index (χ1v) is 12.7. The molecule has 0 aromatic heterocycles. The molecule has 0 radical (unpaired) electrons. The molecule has 190 valence electrons. The Kier molecular flexibility index (Phi) is 13.9. The monoisotopic (exact) mass is 495 g/mol. The molecule has 4 atom stereocenters. The molecular weight excluding hydrogens is 458 g/mol. The number of carboxylic acid groups (broad SMARTS) is 1. The molecular formula is C23H37N5O5S. The summed E-state index contributed by atoms with van der Waals surface area (Å²) in [5.74, 6) is -2.20. The minimum absolute atomic E-state index is 0.207. The van der Waals surface area contributed by atoms with Crippen molar-refractivity contribution in [2.24, 2.45) is 11.5 Å². The standard InChI is InChI=1S/C23H37N5O5S/c1-15(25)20(29)28-19(14-16-8-4-3-5-9-16)22(31)26-17(11-13-34-2)21(30)27-18(23(32)33)10-6-7-12-24/h3-5,8-9,15,17-19H,6-7,10-14,24-25H2,1-2H3,(H,26,31)(H,27,30)(H,28,29)(H,32,33). The molecule has 0 aliphatic carbocycles. The highest BCUT2D eigenvalue weighted by Gasteiger charge is 2.29.